The van der Waals surface area contributed by atoms with E-state index in [1.807, 2.05) is 22.9 Å². The highest BCUT2D eigenvalue weighted by Gasteiger charge is 2.16. The van der Waals surface area contributed by atoms with Crippen molar-refractivity contribution in [2.24, 2.45) is 0 Å². The minimum Gasteiger partial charge on any atom is -0.395 e. The molecule has 2 heterocycles. The fourth-order valence-electron chi connectivity index (χ4n) is 2.49. The lowest BCUT2D eigenvalue weighted by atomic mass is 10.1. The van der Waals surface area contributed by atoms with Gasteiger partial charge in [0.2, 0.25) is 5.78 Å². The second-order valence-corrected chi connectivity index (χ2v) is 4.72. The fourth-order valence-corrected chi connectivity index (χ4v) is 2.49. The molecule has 0 fully saturated rings. The Morgan fingerprint density at radius 3 is 2.79 bits per heavy atom. The largest absolute Gasteiger partial charge is 0.395 e. The molecule has 0 aliphatic rings. The molecule has 0 aromatic carbocycles. The number of aromatic nitrogens is 3. The van der Waals surface area contributed by atoms with Crippen LogP contribution in [0, 0.1) is 0 Å². The van der Waals surface area contributed by atoms with Crippen molar-refractivity contribution in [3.8, 4) is 0 Å². The number of fused-ring (bicyclic) bond motifs is 1. The van der Waals surface area contributed by atoms with Crippen molar-refractivity contribution in [1.29, 1.82) is 0 Å². The lowest BCUT2D eigenvalue weighted by molar-refractivity contribution is 0.135. The van der Waals surface area contributed by atoms with E-state index in [2.05, 4.69) is 28.7 Å². The molecule has 0 aliphatic heterocycles. The zero-order chi connectivity index (χ0) is 13.7. The van der Waals surface area contributed by atoms with Gasteiger partial charge in [0.15, 0.2) is 0 Å². The van der Waals surface area contributed by atoms with Gasteiger partial charge in [0.1, 0.15) is 0 Å². The van der Waals surface area contributed by atoms with Gasteiger partial charge < -0.3 is 5.11 Å². The SMILES string of the molecule is CCC(CC)N(CCO)Cc1cn2cccnc2n1. The molecule has 19 heavy (non-hydrogen) atoms. The van der Waals surface area contributed by atoms with Gasteiger partial charge >= 0.3 is 0 Å². The average molecular weight is 262 g/mol. The molecule has 2 aromatic rings. The average Bonchev–Trinajstić information content (AvgIpc) is 2.82. The monoisotopic (exact) mass is 262 g/mol. The van der Waals surface area contributed by atoms with Gasteiger partial charge in [-0.2, -0.15) is 0 Å². The normalized spacial score (nSPS) is 11.8. The molecule has 5 heteroatoms. The van der Waals surface area contributed by atoms with E-state index in [-0.39, 0.29) is 6.61 Å². The number of imidazole rings is 1. The molecule has 2 rings (SSSR count). The molecule has 2 aromatic heterocycles. The van der Waals surface area contributed by atoms with Gasteiger partial charge in [-0.1, -0.05) is 13.8 Å². The van der Waals surface area contributed by atoms with Crippen molar-refractivity contribution in [2.75, 3.05) is 13.2 Å². The van der Waals surface area contributed by atoms with Crippen LogP contribution in [-0.4, -0.2) is 43.6 Å². The Morgan fingerprint density at radius 2 is 2.16 bits per heavy atom. The molecule has 0 aliphatic carbocycles. The van der Waals surface area contributed by atoms with Gasteiger partial charge in [-0.15, -0.1) is 0 Å². The second kappa shape index (κ2) is 6.63. The maximum atomic E-state index is 9.21. The van der Waals surface area contributed by atoms with Gasteiger partial charge in [-0.05, 0) is 18.9 Å². The Balaban J connectivity index is 2.15. The Morgan fingerprint density at radius 1 is 1.37 bits per heavy atom. The summed E-state index contributed by atoms with van der Waals surface area (Å²) in [4.78, 5) is 11.0. The van der Waals surface area contributed by atoms with Crippen molar-refractivity contribution in [2.45, 2.75) is 39.3 Å². The molecule has 0 amide bonds. The number of hydrogen-bond donors (Lipinski definition) is 1. The van der Waals surface area contributed by atoms with Crippen LogP contribution in [0.15, 0.2) is 24.7 Å². The molecule has 0 spiro atoms. The molecule has 5 nitrogen and oxygen atoms in total. The molecular formula is C14H22N4O. The van der Waals surface area contributed by atoms with Crippen molar-refractivity contribution >= 4 is 5.78 Å². The lowest BCUT2D eigenvalue weighted by Gasteiger charge is -2.28. The molecule has 0 saturated heterocycles. The first kappa shape index (κ1) is 14.0. The highest BCUT2D eigenvalue weighted by molar-refractivity contribution is 5.29. The van der Waals surface area contributed by atoms with Gasteiger partial charge in [0.25, 0.3) is 0 Å². The van der Waals surface area contributed by atoms with Crippen LogP contribution in [0.4, 0.5) is 0 Å². The zero-order valence-electron chi connectivity index (χ0n) is 11.7. The lowest BCUT2D eigenvalue weighted by Crippen LogP contribution is -2.36. The molecular weight excluding hydrogens is 240 g/mol. The van der Waals surface area contributed by atoms with Crippen molar-refractivity contribution < 1.29 is 5.11 Å². The molecule has 0 radical (unpaired) electrons. The molecule has 104 valence electrons. The maximum absolute atomic E-state index is 9.21. The van der Waals surface area contributed by atoms with Gasteiger partial charge in [0, 0.05) is 37.7 Å². The zero-order valence-corrected chi connectivity index (χ0v) is 11.7. The van der Waals surface area contributed by atoms with E-state index >= 15 is 0 Å². The summed E-state index contributed by atoms with van der Waals surface area (Å²) in [5.41, 5.74) is 0.999. The molecule has 1 N–H and O–H groups in total. The van der Waals surface area contributed by atoms with Crippen LogP contribution < -0.4 is 0 Å². The minimum atomic E-state index is 0.183. The van der Waals surface area contributed by atoms with Crippen LogP contribution in [0.3, 0.4) is 0 Å². The Hall–Kier alpha value is -1.46. The Labute approximate surface area is 113 Å². The summed E-state index contributed by atoms with van der Waals surface area (Å²) < 4.78 is 1.93. The predicted molar refractivity (Wildman–Crippen MR) is 74.9 cm³/mol. The summed E-state index contributed by atoms with van der Waals surface area (Å²) in [7, 11) is 0. The molecule has 0 bridgehead atoms. The quantitative estimate of drug-likeness (QED) is 0.825. The van der Waals surface area contributed by atoms with Crippen LogP contribution in [0.2, 0.25) is 0 Å². The van der Waals surface area contributed by atoms with Crippen LogP contribution in [0.1, 0.15) is 32.4 Å². The second-order valence-electron chi connectivity index (χ2n) is 4.72. The number of aliphatic hydroxyl groups is 1. The van der Waals surface area contributed by atoms with E-state index in [4.69, 9.17) is 0 Å². The standard InChI is InChI=1S/C14H22N4O/c1-3-13(4-2)17(8-9-19)10-12-11-18-7-5-6-15-14(18)16-12/h5-7,11,13,19H,3-4,8-10H2,1-2H3. The van der Waals surface area contributed by atoms with Crippen molar-refractivity contribution in [3.63, 3.8) is 0 Å². The molecule has 0 atom stereocenters. The number of aliphatic hydroxyl groups excluding tert-OH is 1. The van der Waals surface area contributed by atoms with E-state index in [9.17, 15) is 5.11 Å². The minimum absolute atomic E-state index is 0.183. The number of rotatable bonds is 7. The van der Waals surface area contributed by atoms with E-state index < -0.39 is 0 Å². The summed E-state index contributed by atoms with van der Waals surface area (Å²) in [5, 5.41) is 9.21. The molecule has 0 unspecified atom stereocenters. The highest BCUT2D eigenvalue weighted by Crippen LogP contribution is 2.13. The van der Waals surface area contributed by atoms with Crippen molar-refractivity contribution in [3.05, 3.63) is 30.4 Å². The Bertz CT molecular complexity index is 474. The summed E-state index contributed by atoms with van der Waals surface area (Å²) in [6.07, 6.45) is 7.88. The van der Waals surface area contributed by atoms with Gasteiger partial charge in [0.05, 0.1) is 12.3 Å². The maximum Gasteiger partial charge on any atom is 0.233 e. The van der Waals surface area contributed by atoms with Gasteiger partial charge in [-0.25, -0.2) is 9.97 Å². The fraction of sp³-hybridized carbons (Fsp3) is 0.571. The van der Waals surface area contributed by atoms with Crippen LogP contribution >= 0.6 is 0 Å². The van der Waals surface area contributed by atoms with Crippen LogP contribution in [-0.2, 0) is 6.54 Å². The Kier molecular flexibility index (Phi) is 4.87. The highest BCUT2D eigenvalue weighted by atomic mass is 16.3. The number of hydrogen-bond acceptors (Lipinski definition) is 4. The van der Waals surface area contributed by atoms with Crippen molar-refractivity contribution in [1.82, 2.24) is 19.3 Å². The summed E-state index contributed by atoms with van der Waals surface area (Å²) in [6, 6.07) is 2.38. The third-order valence-electron chi connectivity index (χ3n) is 3.50. The first-order valence-corrected chi connectivity index (χ1v) is 6.92. The van der Waals surface area contributed by atoms with E-state index in [1.54, 1.807) is 6.20 Å². The van der Waals surface area contributed by atoms with Crippen LogP contribution in [0.25, 0.3) is 5.78 Å². The number of nitrogens with zero attached hydrogens (tertiary/aromatic N) is 4. The molecule has 0 saturated carbocycles. The predicted octanol–water partition coefficient (Wildman–Crippen LogP) is 1.71. The third kappa shape index (κ3) is 3.30. The van der Waals surface area contributed by atoms with E-state index in [1.165, 1.54) is 0 Å². The first-order chi connectivity index (χ1) is 9.28. The summed E-state index contributed by atoms with van der Waals surface area (Å²) in [5.74, 6) is 0.728. The first-order valence-electron chi connectivity index (χ1n) is 6.92. The van der Waals surface area contributed by atoms with E-state index in [0.29, 0.717) is 12.6 Å². The van der Waals surface area contributed by atoms with E-state index in [0.717, 1.165) is 30.9 Å². The van der Waals surface area contributed by atoms with Crippen LogP contribution in [0.5, 0.6) is 0 Å². The third-order valence-corrected chi connectivity index (χ3v) is 3.50. The topological polar surface area (TPSA) is 53.7 Å². The summed E-state index contributed by atoms with van der Waals surface area (Å²) >= 11 is 0. The summed E-state index contributed by atoms with van der Waals surface area (Å²) in [6.45, 7) is 6.00. The smallest absolute Gasteiger partial charge is 0.233 e. The van der Waals surface area contributed by atoms with Gasteiger partial charge in [-0.3, -0.25) is 9.30 Å².